The Balaban J connectivity index is 2.34. The molecule has 0 atom stereocenters. The second-order valence-electron chi connectivity index (χ2n) is 5.09. The van der Waals surface area contributed by atoms with E-state index < -0.39 is 5.54 Å². The van der Waals surface area contributed by atoms with Gasteiger partial charge in [-0.15, -0.1) is 0 Å². The Kier molecular flexibility index (Phi) is 6.84. The van der Waals surface area contributed by atoms with Gasteiger partial charge in [-0.1, -0.05) is 32.6 Å². The van der Waals surface area contributed by atoms with Gasteiger partial charge < -0.3 is 14.8 Å². The molecule has 1 fully saturated rings. The van der Waals surface area contributed by atoms with Gasteiger partial charge >= 0.3 is 5.97 Å². The van der Waals surface area contributed by atoms with Crippen LogP contribution in [0.5, 0.6) is 0 Å². The molecule has 0 aromatic heterocycles. The Morgan fingerprint density at radius 1 is 1.21 bits per heavy atom. The van der Waals surface area contributed by atoms with Crippen LogP contribution in [0.15, 0.2) is 0 Å². The molecule has 0 radical (unpaired) electrons. The lowest BCUT2D eigenvalue weighted by atomic mass is 9.98. The normalized spacial score (nSPS) is 17.2. The van der Waals surface area contributed by atoms with Crippen LogP contribution in [0, 0.1) is 0 Å². The maximum Gasteiger partial charge on any atom is 0.331 e. The molecule has 0 aromatic carbocycles. The molecule has 0 aliphatic heterocycles. The van der Waals surface area contributed by atoms with Crippen LogP contribution in [0.4, 0.5) is 0 Å². The fourth-order valence-corrected chi connectivity index (χ4v) is 2.48. The van der Waals surface area contributed by atoms with Crippen molar-refractivity contribution in [3.8, 4) is 0 Å². The topological polar surface area (TPSA) is 64.6 Å². The van der Waals surface area contributed by atoms with Gasteiger partial charge in [0.25, 0.3) is 0 Å². The lowest BCUT2D eigenvalue weighted by molar-refractivity contribution is -0.151. The van der Waals surface area contributed by atoms with Crippen LogP contribution in [0.3, 0.4) is 0 Å². The van der Waals surface area contributed by atoms with Crippen LogP contribution in [0.2, 0.25) is 0 Å². The first kappa shape index (κ1) is 16.0. The highest BCUT2D eigenvalue weighted by Gasteiger charge is 2.43. The number of hydrogen-bond acceptors (Lipinski definition) is 4. The van der Waals surface area contributed by atoms with E-state index in [0.717, 1.165) is 32.1 Å². The van der Waals surface area contributed by atoms with Crippen LogP contribution >= 0.6 is 0 Å². The minimum atomic E-state index is -0.821. The quantitative estimate of drug-likeness (QED) is 0.540. The summed E-state index contributed by atoms with van der Waals surface area (Å²) in [4.78, 5) is 23.6. The van der Waals surface area contributed by atoms with E-state index in [9.17, 15) is 9.59 Å². The van der Waals surface area contributed by atoms with Crippen LogP contribution in [0.1, 0.15) is 51.9 Å². The smallest absolute Gasteiger partial charge is 0.331 e. The van der Waals surface area contributed by atoms with Gasteiger partial charge in [0.1, 0.15) is 12.1 Å². The Morgan fingerprint density at radius 2 is 1.89 bits per heavy atom. The monoisotopic (exact) mass is 271 g/mol. The SMILES string of the molecule is CCCCCOCC(=O)NC1(C(=O)OC)CCCC1. The molecular weight excluding hydrogens is 246 g/mol. The number of unbranched alkanes of at least 4 members (excludes halogenated alkanes) is 2. The van der Waals surface area contributed by atoms with Crippen molar-refractivity contribution in [1.82, 2.24) is 5.32 Å². The largest absolute Gasteiger partial charge is 0.467 e. The number of hydrogen-bond donors (Lipinski definition) is 1. The van der Waals surface area contributed by atoms with Gasteiger partial charge in [0.15, 0.2) is 0 Å². The van der Waals surface area contributed by atoms with Crippen molar-refractivity contribution >= 4 is 11.9 Å². The zero-order valence-electron chi connectivity index (χ0n) is 12.0. The van der Waals surface area contributed by atoms with Crippen molar-refractivity contribution in [1.29, 1.82) is 0 Å². The fourth-order valence-electron chi connectivity index (χ4n) is 2.48. The molecule has 110 valence electrons. The third kappa shape index (κ3) is 4.82. The second kappa shape index (κ2) is 8.15. The van der Waals surface area contributed by atoms with E-state index in [1.165, 1.54) is 7.11 Å². The van der Waals surface area contributed by atoms with Gasteiger partial charge in [0.05, 0.1) is 7.11 Å². The Morgan fingerprint density at radius 3 is 2.47 bits per heavy atom. The predicted molar refractivity (Wildman–Crippen MR) is 71.7 cm³/mol. The molecule has 0 spiro atoms. The maximum absolute atomic E-state index is 11.8. The van der Waals surface area contributed by atoms with Crippen molar-refractivity contribution in [2.75, 3.05) is 20.3 Å². The molecule has 19 heavy (non-hydrogen) atoms. The number of carbonyl (C=O) groups excluding carboxylic acids is 2. The summed E-state index contributed by atoms with van der Waals surface area (Å²) in [6.07, 6.45) is 6.38. The van der Waals surface area contributed by atoms with Gasteiger partial charge in [-0.25, -0.2) is 4.79 Å². The molecule has 0 saturated heterocycles. The minimum absolute atomic E-state index is 0.0163. The van der Waals surface area contributed by atoms with E-state index >= 15 is 0 Å². The highest BCUT2D eigenvalue weighted by atomic mass is 16.5. The van der Waals surface area contributed by atoms with Crippen molar-refractivity contribution < 1.29 is 19.1 Å². The fraction of sp³-hybridized carbons (Fsp3) is 0.857. The Bertz CT molecular complexity index is 298. The van der Waals surface area contributed by atoms with Crippen LogP contribution < -0.4 is 5.32 Å². The van der Waals surface area contributed by atoms with Crippen molar-refractivity contribution in [3.05, 3.63) is 0 Å². The highest BCUT2D eigenvalue weighted by Crippen LogP contribution is 2.30. The van der Waals surface area contributed by atoms with E-state index in [-0.39, 0.29) is 18.5 Å². The first-order valence-corrected chi connectivity index (χ1v) is 7.12. The number of amides is 1. The van der Waals surface area contributed by atoms with Crippen LogP contribution in [-0.2, 0) is 19.1 Å². The minimum Gasteiger partial charge on any atom is -0.467 e. The average Bonchev–Trinajstić information content (AvgIpc) is 2.87. The van der Waals surface area contributed by atoms with E-state index in [1.807, 2.05) is 0 Å². The molecule has 1 N–H and O–H groups in total. The first-order valence-electron chi connectivity index (χ1n) is 7.12. The van der Waals surface area contributed by atoms with Crippen molar-refractivity contribution in [2.24, 2.45) is 0 Å². The third-order valence-corrected chi connectivity index (χ3v) is 3.54. The van der Waals surface area contributed by atoms with Gasteiger partial charge in [0, 0.05) is 6.61 Å². The predicted octanol–water partition coefficient (Wildman–Crippen LogP) is 1.80. The molecule has 1 amide bonds. The third-order valence-electron chi connectivity index (χ3n) is 3.54. The van der Waals surface area contributed by atoms with Gasteiger partial charge in [-0.05, 0) is 19.3 Å². The number of ether oxygens (including phenoxy) is 2. The first-order chi connectivity index (χ1) is 9.14. The van der Waals surface area contributed by atoms with Gasteiger partial charge in [-0.2, -0.15) is 0 Å². The summed E-state index contributed by atoms with van der Waals surface area (Å²) in [5, 5.41) is 2.80. The van der Waals surface area contributed by atoms with Crippen LogP contribution in [-0.4, -0.2) is 37.7 Å². The highest BCUT2D eigenvalue weighted by molar-refractivity contribution is 5.88. The summed E-state index contributed by atoms with van der Waals surface area (Å²) in [6.45, 7) is 2.72. The van der Waals surface area contributed by atoms with Crippen molar-refractivity contribution in [3.63, 3.8) is 0 Å². The molecule has 1 saturated carbocycles. The lowest BCUT2D eigenvalue weighted by Gasteiger charge is -2.27. The zero-order valence-corrected chi connectivity index (χ0v) is 12.0. The van der Waals surface area contributed by atoms with Crippen molar-refractivity contribution in [2.45, 2.75) is 57.4 Å². The maximum atomic E-state index is 11.8. The number of carbonyl (C=O) groups is 2. The molecule has 0 unspecified atom stereocenters. The summed E-state index contributed by atoms with van der Waals surface area (Å²) in [5.74, 6) is -0.576. The second-order valence-corrected chi connectivity index (χ2v) is 5.09. The number of nitrogens with one attached hydrogen (secondary N) is 1. The van der Waals surface area contributed by atoms with E-state index in [1.54, 1.807) is 0 Å². The molecule has 1 aliphatic rings. The zero-order chi connectivity index (χ0) is 14.1. The number of methoxy groups -OCH3 is 1. The molecule has 0 aromatic rings. The molecule has 0 heterocycles. The average molecular weight is 271 g/mol. The number of esters is 1. The van der Waals surface area contributed by atoms with E-state index in [4.69, 9.17) is 9.47 Å². The lowest BCUT2D eigenvalue weighted by Crippen LogP contribution is -2.54. The molecule has 0 bridgehead atoms. The summed E-state index contributed by atoms with van der Waals surface area (Å²) >= 11 is 0. The Labute approximate surface area is 115 Å². The molecule has 5 nitrogen and oxygen atoms in total. The number of rotatable bonds is 8. The molecule has 5 heteroatoms. The summed E-state index contributed by atoms with van der Waals surface area (Å²) in [7, 11) is 1.36. The Hall–Kier alpha value is -1.10. The van der Waals surface area contributed by atoms with E-state index in [2.05, 4.69) is 12.2 Å². The van der Waals surface area contributed by atoms with E-state index in [0.29, 0.717) is 19.4 Å². The molecule has 1 rings (SSSR count). The summed E-state index contributed by atoms with van der Waals surface area (Å²) in [6, 6.07) is 0. The van der Waals surface area contributed by atoms with Gasteiger partial charge in [-0.3, -0.25) is 4.79 Å². The summed E-state index contributed by atoms with van der Waals surface area (Å²) in [5.41, 5.74) is -0.821. The molecular formula is C14H25NO4. The van der Waals surface area contributed by atoms with Crippen LogP contribution in [0.25, 0.3) is 0 Å². The summed E-state index contributed by atoms with van der Waals surface area (Å²) < 4.78 is 10.1. The van der Waals surface area contributed by atoms with Gasteiger partial charge in [0.2, 0.25) is 5.91 Å². The standard InChI is InChI=1S/C14H25NO4/c1-3-4-7-10-19-11-12(16)15-14(13(17)18-2)8-5-6-9-14/h3-11H2,1-2H3,(H,15,16). The molecule has 1 aliphatic carbocycles.